The lowest BCUT2D eigenvalue weighted by Gasteiger charge is -2.14. The number of benzene rings is 2. The Balaban J connectivity index is 1.64. The van der Waals surface area contributed by atoms with E-state index in [0.29, 0.717) is 23.9 Å². The summed E-state index contributed by atoms with van der Waals surface area (Å²) >= 11 is 5.99. The number of rotatable bonds is 7. The van der Waals surface area contributed by atoms with E-state index in [2.05, 4.69) is 10.3 Å². The fraction of sp³-hybridized carbons (Fsp3) is 0.250. The number of methoxy groups -OCH3 is 1. The van der Waals surface area contributed by atoms with E-state index in [9.17, 15) is 4.79 Å². The van der Waals surface area contributed by atoms with E-state index < -0.39 is 0 Å². The average molecular weight is 373 g/mol. The highest BCUT2D eigenvalue weighted by Crippen LogP contribution is 2.21. The summed E-state index contributed by atoms with van der Waals surface area (Å²) in [6.45, 7) is 2.99. The molecule has 1 amide bonds. The first kappa shape index (κ1) is 18.3. The molecule has 3 aromatic rings. The maximum Gasteiger partial charge on any atom is 0.268 e. The molecule has 0 saturated heterocycles. The highest BCUT2D eigenvalue weighted by molar-refractivity contribution is 6.31. The molecule has 0 fully saturated rings. The molecule has 0 aliphatic rings. The van der Waals surface area contributed by atoms with Crippen LogP contribution in [0.15, 0.2) is 48.5 Å². The number of aromatic nitrogens is 1. The van der Waals surface area contributed by atoms with Crippen LogP contribution in [-0.4, -0.2) is 31.2 Å². The molecule has 26 heavy (non-hydrogen) atoms. The fourth-order valence-corrected chi connectivity index (χ4v) is 2.86. The Hall–Kier alpha value is -2.50. The van der Waals surface area contributed by atoms with Crippen LogP contribution in [-0.2, 0) is 4.74 Å². The van der Waals surface area contributed by atoms with Gasteiger partial charge >= 0.3 is 0 Å². The average Bonchev–Trinajstić information content (AvgIpc) is 3.05. The van der Waals surface area contributed by atoms with Crippen molar-refractivity contribution in [3.05, 3.63) is 64.8 Å². The maximum absolute atomic E-state index is 12.5. The Morgan fingerprint density at radius 3 is 2.65 bits per heavy atom. The zero-order chi connectivity index (χ0) is 18.5. The summed E-state index contributed by atoms with van der Waals surface area (Å²) in [4.78, 5) is 15.6. The molecule has 136 valence electrons. The molecule has 1 atom stereocenters. The molecule has 1 heterocycles. The molecule has 3 rings (SSSR count). The Labute approximate surface area is 157 Å². The number of ether oxygens (including phenoxy) is 2. The summed E-state index contributed by atoms with van der Waals surface area (Å²) in [5.74, 6) is 0.613. The fourth-order valence-electron chi connectivity index (χ4n) is 2.68. The summed E-state index contributed by atoms with van der Waals surface area (Å²) in [5.41, 5.74) is 2.38. The third kappa shape index (κ3) is 4.36. The molecule has 2 N–H and O–H groups in total. The van der Waals surface area contributed by atoms with Crippen molar-refractivity contribution in [1.29, 1.82) is 0 Å². The van der Waals surface area contributed by atoms with Crippen LogP contribution in [0.2, 0.25) is 5.02 Å². The third-order valence-electron chi connectivity index (χ3n) is 4.11. The Morgan fingerprint density at radius 1 is 1.15 bits per heavy atom. The predicted octanol–water partition coefficient (Wildman–Crippen LogP) is 4.34. The highest BCUT2D eigenvalue weighted by Gasteiger charge is 2.14. The van der Waals surface area contributed by atoms with Crippen LogP contribution in [0.3, 0.4) is 0 Å². The standard InChI is InChI=1S/C20H21ClN2O3/c1-13(14-3-6-17(7-4-14)26-10-9-25-2)22-20(24)19-12-15-11-16(21)5-8-18(15)23-19/h3-8,11-13,23H,9-10H2,1-2H3,(H,22,24). The number of nitrogens with one attached hydrogen (secondary N) is 2. The first-order valence-corrected chi connectivity index (χ1v) is 8.75. The number of H-pyrrole nitrogens is 1. The van der Waals surface area contributed by atoms with Crippen molar-refractivity contribution in [3.8, 4) is 5.75 Å². The van der Waals surface area contributed by atoms with E-state index in [0.717, 1.165) is 22.2 Å². The Kier molecular flexibility index (Phi) is 5.81. The minimum Gasteiger partial charge on any atom is -0.491 e. The van der Waals surface area contributed by atoms with Gasteiger partial charge in [0.1, 0.15) is 18.1 Å². The molecule has 6 heteroatoms. The summed E-state index contributed by atoms with van der Waals surface area (Å²) in [7, 11) is 1.64. The molecule has 5 nitrogen and oxygen atoms in total. The van der Waals surface area contributed by atoms with E-state index in [1.54, 1.807) is 19.2 Å². The van der Waals surface area contributed by atoms with Gasteiger partial charge in [0.2, 0.25) is 0 Å². The molecule has 0 aliphatic heterocycles. The minimum absolute atomic E-state index is 0.134. The predicted molar refractivity (Wildman–Crippen MR) is 103 cm³/mol. The lowest BCUT2D eigenvalue weighted by Crippen LogP contribution is -2.26. The number of hydrogen-bond donors (Lipinski definition) is 2. The molecule has 2 aromatic carbocycles. The summed E-state index contributed by atoms with van der Waals surface area (Å²) < 4.78 is 10.5. The second-order valence-corrected chi connectivity index (χ2v) is 6.46. The first-order valence-electron chi connectivity index (χ1n) is 8.37. The van der Waals surface area contributed by atoms with E-state index in [4.69, 9.17) is 21.1 Å². The number of carbonyl (C=O) groups excluding carboxylic acids is 1. The molecule has 1 unspecified atom stereocenters. The van der Waals surface area contributed by atoms with Crippen molar-refractivity contribution in [3.63, 3.8) is 0 Å². The number of halogens is 1. The SMILES string of the molecule is COCCOc1ccc(C(C)NC(=O)c2cc3cc(Cl)ccc3[nH]2)cc1. The number of amides is 1. The molecule has 0 radical (unpaired) electrons. The van der Waals surface area contributed by atoms with Crippen LogP contribution in [0.4, 0.5) is 0 Å². The van der Waals surface area contributed by atoms with Crippen LogP contribution in [0.25, 0.3) is 10.9 Å². The number of carbonyl (C=O) groups is 1. The molecule has 0 spiro atoms. The van der Waals surface area contributed by atoms with Crippen LogP contribution in [0.1, 0.15) is 29.0 Å². The van der Waals surface area contributed by atoms with Gasteiger partial charge in [0.05, 0.1) is 12.6 Å². The lowest BCUT2D eigenvalue weighted by atomic mass is 10.1. The van der Waals surface area contributed by atoms with Gasteiger partial charge in [0.25, 0.3) is 5.91 Å². The maximum atomic E-state index is 12.5. The first-order chi connectivity index (χ1) is 12.6. The zero-order valence-corrected chi connectivity index (χ0v) is 15.5. The summed E-state index contributed by atoms with van der Waals surface area (Å²) in [5, 5.41) is 4.55. The quantitative estimate of drug-likeness (QED) is 0.606. The summed E-state index contributed by atoms with van der Waals surface area (Å²) in [6.07, 6.45) is 0. The van der Waals surface area contributed by atoms with E-state index >= 15 is 0 Å². The van der Waals surface area contributed by atoms with E-state index in [1.165, 1.54) is 0 Å². The monoisotopic (exact) mass is 372 g/mol. The highest BCUT2D eigenvalue weighted by atomic mass is 35.5. The van der Waals surface area contributed by atoms with Crippen molar-refractivity contribution < 1.29 is 14.3 Å². The van der Waals surface area contributed by atoms with Gasteiger partial charge in [-0.25, -0.2) is 0 Å². The molecular formula is C20H21ClN2O3. The minimum atomic E-state index is -0.162. The van der Waals surface area contributed by atoms with Crippen LogP contribution in [0, 0.1) is 0 Å². The van der Waals surface area contributed by atoms with E-state index in [1.807, 2.05) is 43.3 Å². The summed E-state index contributed by atoms with van der Waals surface area (Å²) in [6, 6.07) is 14.8. The lowest BCUT2D eigenvalue weighted by molar-refractivity contribution is 0.0935. The van der Waals surface area contributed by atoms with Crippen molar-refractivity contribution in [2.75, 3.05) is 20.3 Å². The second-order valence-electron chi connectivity index (χ2n) is 6.02. The smallest absolute Gasteiger partial charge is 0.268 e. The van der Waals surface area contributed by atoms with Crippen molar-refractivity contribution >= 4 is 28.4 Å². The molecular weight excluding hydrogens is 352 g/mol. The van der Waals surface area contributed by atoms with Gasteiger partial charge in [-0.2, -0.15) is 0 Å². The van der Waals surface area contributed by atoms with Gasteiger partial charge < -0.3 is 19.8 Å². The second kappa shape index (κ2) is 8.25. The molecule has 0 saturated carbocycles. The van der Waals surface area contributed by atoms with Crippen LogP contribution in [0.5, 0.6) is 5.75 Å². The Morgan fingerprint density at radius 2 is 1.92 bits per heavy atom. The molecule has 0 bridgehead atoms. The number of fused-ring (bicyclic) bond motifs is 1. The van der Waals surface area contributed by atoms with Crippen molar-refractivity contribution in [1.82, 2.24) is 10.3 Å². The van der Waals surface area contributed by atoms with Gasteiger partial charge in [-0.05, 0) is 48.9 Å². The van der Waals surface area contributed by atoms with Gasteiger partial charge in [0.15, 0.2) is 0 Å². The van der Waals surface area contributed by atoms with Crippen molar-refractivity contribution in [2.45, 2.75) is 13.0 Å². The van der Waals surface area contributed by atoms with E-state index in [-0.39, 0.29) is 11.9 Å². The van der Waals surface area contributed by atoms with Gasteiger partial charge in [-0.3, -0.25) is 4.79 Å². The normalized spacial score (nSPS) is 12.1. The molecule has 1 aromatic heterocycles. The largest absolute Gasteiger partial charge is 0.491 e. The van der Waals surface area contributed by atoms with Gasteiger partial charge in [-0.1, -0.05) is 23.7 Å². The number of aromatic amines is 1. The Bertz CT molecular complexity index is 890. The van der Waals surface area contributed by atoms with Crippen LogP contribution >= 0.6 is 11.6 Å². The van der Waals surface area contributed by atoms with Gasteiger partial charge in [0, 0.05) is 23.0 Å². The molecule has 0 aliphatic carbocycles. The van der Waals surface area contributed by atoms with Crippen LogP contribution < -0.4 is 10.1 Å². The number of hydrogen-bond acceptors (Lipinski definition) is 3. The third-order valence-corrected chi connectivity index (χ3v) is 4.35. The van der Waals surface area contributed by atoms with Crippen molar-refractivity contribution in [2.24, 2.45) is 0 Å². The topological polar surface area (TPSA) is 63.4 Å². The zero-order valence-electron chi connectivity index (χ0n) is 14.7. The van der Waals surface area contributed by atoms with Gasteiger partial charge in [-0.15, -0.1) is 0 Å².